The number of halogens is 2. The summed E-state index contributed by atoms with van der Waals surface area (Å²) in [6.45, 7) is 3.52. The highest BCUT2D eigenvalue weighted by Gasteiger charge is 2.18. The number of carbonyl (C=O) groups excluding carboxylic acids is 1. The van der Waals surface area contributed by atoms with Crippen LogP contribution in [0.25, 0.3) is 5.65 Å². The normalized spacial score (nSPS) is 11.0. The predicted octanol–water partition coefficient (Wildman–Crippen LogP) is 4.15. The number of esters is 1. The summed E-state index contributed by atoms with van der Waals surface area (Å²) in [5.41, 5.74) is 0.562. The molecule has 9 heteroatoms. The van der Waals surface area contributed by atoms with E-state index in [0.29, 0.717) is 27.9 Å². The predicted molar refractivity (Wildman–Crippen MR) is 109 cm³/mol. The van der Waals surface area contributed by atoms with E-state index in [2.05, 4.69) is 4.98 Å². The van der Waals surface area contributed by atoms with Crippen molar-refractivity contribution in [3.8, 4) is 11.5 Å². The Morgan fingerprint density at radius 2 is 1.97 bits per heavy atom. The van der Waals surface area contributed by atoms with Gasteiger partial charge in [-0.25, -0.2) is 9.78 Å². The molecule has 152 valence electrons. The van der Waals surface area contributed by atoms with Crippen LogP contribution in [0.3, 0.4) is 0 Å². The van der Waals surface area contributed by atoms with Gasteiger partial charge in [0.05, 0.1) is 34.5 Å². The highest BCUT2D eigenvalue weighted by molar-refractivity contribution is 6.32. The molecule has 0 aliphatic carbocycles. The molecule has 29 heavy (non-hydrogen) atoms. The van der Waals surface area contributed by atoms with Crippen LogP contribution < -0.4 is 15.0 Å². The Bertz CT molecular complexity index is 1130. The third-order valence-corrected chi connectivity index (χ3v) is 4.35. The number of hydrogen-bond acceptors (Lipinski definition) is 6. The van der Waals surface area contributed by atoms with E-state index >= 15 is 0 Å². The number of methoxy groups -OCH3 is 1. The summed E-state index contributed by atoms with van der Waals surface area (Å²) in [5.74, 6) is 0.0279. The number of nitrogens with zero attached hydrogens (tertiary/aromatic N) is 2. The Morgan fingerprint density at radius 3 is 2.66 bits per heavy atom. The lowest BCUT2D eigenvalue weighted by molar-refractivity contribution is 0.0467. The molecular weight excluding hydrogens is 419 g/mol. The third-order valence-electron chi connectivity index (χ3n) is 3.85. The van der Waals surface area contributed by atoms with Gasteiger partial charge in [0.15, 0.2) is 11.5 Å². The molecule has 0 spiro atoms. The van der Waals surface area contributed by atoms with E-state index in [-0.39, 0.29) is 28.9 Å². The standard InChI is InChI=1S/C20H18Cl2N2O5/c1-11(2)29-19-15(22)6-12(7-16(19)27-3)20(26)28-10-14-8-18(25)24-9-13(21)4-5-17(24)23-14/h4-9,11H,10H2,1-3H3. The van der Waals surface area contributed by atoms with E-state index in [1.54, 1.807) is 12.1 Å². The Hall–Kier alpha value is -2.77. The maximum absolute atomic E-state index is 12.5. The number of aromatic nitrogens is 2. The lowest BCUT2D eigenvalue weighted by Crippen LogP contribution is -2.16. The van der Waals surface area contributed by atoms with Crippen molar-refractivity contribution in [2.75, 3.05) is 7.11 Å². The number of fused-ring (bicyclic) bond motifs is 1. The number of hydrogen-bond donors (Lipinski definition) is 0. The first-order valence-electron chi connectivity index (χ1n) is 8.67. The summed E-state index contributed by atoms with van der Waals surface area (Å²) in [6, 6.07) is 7.43. The maximum atomic E-state index is 12.5. The second kappa shape index (κ2) is 8.71. The van der Waals surface area contributed by atoms with Crippen molar-refractivity contribution in [2.45, 2.75) is 26.6 Å². The van der Waals surface area contributed by atoms with Crippen LogP contribution in [-0.4, -0.2) is 28.6 Å². The number of pyridine rings is 1. The quantitative estimate of drug-likeness (QED) is 0.539. The van der Waals surface area contributed by atoms with Gasteiger partial charge in [0.25, 0.3) is 5.56 Å². The van der Waals surface area contributed by atoms with Crippen LogP contribution in [0.2, 0.25) is 10.0 Å². The first kappa shape index (κ1) is 21.0. The van der Waals surface area contributed by atoms with E-state index in [9.17, 15) is 9.59 Å². The second-order valence-corrected chi connectivity index (χ2v) is 7.24. The van der Waals surface area contributed by atoms with Gasteiger partial charge in [-0.05, 0) is 38.1 Å². The lowest BCUT2D eigenvalue weighted by atomic mass is 10.2. The van der Waals surface area contributed by atoms with Crippen molar-refractivity contribution in [2.24, 2.45) is 0 Å². The van der Waals surface area contributed by atoms with Crippen LogP contribution >= 0.6 is 23.2 Å². The van der Waals surface area contributed by atoms with Crippen molar-refractivity contribution in [3.63, 3.8) is 0 Å². The van der Waals surface area contributed by atoms with Gasteiger partial charge in [-0.15, -0.1) is 0 Å². The van der Waals surface area contributed by atoms with Crippen molar-refractivity contribution in [1.82, 2.24) is 9.38 Å². The molecule has 0 atom stereocenters. The van der Waals surface area contributed by atoms with Gasteiger partial charge < -0.3 is 14.2 Å². The Kier molecular flexibility index (Phi) is 6.30. The molecule has 2 heterocycles. The van der Waals surface area contributed by atoms with E-state index in [4.69, 9.17) is 37.4 Å². The molecule has 0 radical (unpaired) electrons. The SMILES string of the molecule is COc1cc(C(=O)OCc2cc(=O)n3cc(Cl)ccc3n2)cc(Cl)c1OC(C)C. The molecule has 0 saturated carbocycles. The van der Waals surface area contributed by atoms with Crippen LogP contribution in [-0.2, 0) is 11.3 Å². The number of ether oxygens (including phenoxy) is 3. The molecule has 0 saturated heterocycles. The average molecular weight is 437 g/mol. The highest BCUT2D eigenvalue weighted by atomic mass is 35.5. The Balaban J connectivity index is 1.80. The molecule has 3 rings (SSSR count). The van der Waals surface area contributed by atoms with E-state index in [1.807, 2.05) is 13.8 Å². The van der Waals surface area contributed by atoms with Gasteiger partial charge in [-0.2, -0.15) is 0 Å². The fourth-order valence-corrected chi connectivity index (χ4v) is 3.03. The summed E-state index contributed by atoms with van der Waals surface area (Å²) in [5, 5.41) is 0.639. The Morgan fingerprint density at radius 1 is 1.21 bits per heavy atom. The molecule has 0 fully saturated rings. The summed E-state index contributed by atoms with van der Waals surface area (Å²) < 4.78 is 17.5. The van der Waals surface area contributed by atoms with Gasteiger partial charge in [-0.3, -0.25) is 9.20 Å². The topological polar surface area (TPSA) is 79.1 Å². The second-order valence-electron chi connectivity index (χ2n) is 6.39. The van der Waals surface area contributed by atoms with Crippen molar-refractivity contribution in [3.05, 3.63) is 68.2 Å². The average Bonchev–Trinajstić information content (AvgIpc) is 2.67. The van der Waals surface area contributed by atoms with E-state index < -0.39 is 5.97 Å². The zero-order valence-electron chi connectivity index (χ0n) is 15.9. The molecule has 2 aromatic heterocycles. The molecule has 0 bridgehead atoms. The molecule has 0 amide bonds. The molecular formula is C20H18Cl2N2O5. The molecule has 0 aliphatic rings. The fraction of sp³-hybridized carbons (Fsp3) is 0.250. The van der Waals surface area contributed by atoms with Gasteiger partial charge in [0.1, 0.15) is 12.3 Å². The molecule has 3 aromatic rings. The zero-order valence-corrected chi connectivity index (χ0v) is 17.5. The summed E-state index contributed by atoms with van der Waals surface area (Å²) in [6.07, 6.45) is 1.35. The maximum Gasteiger partial charge on any atom is 0.338 e. The molecule has 1 aromatic carbocycles. The largest absolute Gasteiger partial charge is 0.493 e. The van der Waals surface area contributed by atoms with Gasteiger partial charge in [0, 0.05) is 12.3 Å². The first-order valence-corrected chi connectivity index (χ1v) is 9.43. The van der Waals surface area contributed by atoms with Crippen molar-refractivity contribution >= 4 is 34.8 Å². The van der Waals surface area contributed by atoms with Crippen LogP contribution in [0.15, 0.2) is 41.3 Å². The van der Waals surface area contributed by atoms with Gasteiger partial charge in [-0.1, -0.05) is 23.2 Å². The zero-order chi connectivity index (χ0) is 21.1. The third kappa shape index (κ3) is 4.81. The van der Waals surface area contributed by atoms with E-state index in [1.165, 1.54) is 35.9 Å². The van der Waals surface area contributed by atoms with Crippen LogP contribution in [0, 0.1) is 0 Å². The van der Waals surface area contributed by atoms with Crippen LogP contribution in [0.1, 0.15) is 29.9 Å². The molecule has 0 N–H and O–H groups in total. The molecule has 0 unspecified atom stereocenters. The minimum Gasteiger partial charge on any atom is -0.493 e. The monoisotopic (exact) mass is 436 g/mol. The molecule has 7 nitrogen and oxygen atoms in total. The lowest BCUT2D eigenvalue weighted by Gasteiger charge is -2.16. The van der Waals surface area contributed by atoms with Crippen molar-refractivity contribution in [1.29, 1.82) is 0 Å². The molecule has 0 aliphatic heterocycles. The van der Waals surface area contributed by atoms with Crippen molar-refractivity contribution < 1.29 is 19.0 Å². The highest BCUT2D eigenvalue weighted by Crippen LogP contribution is 2.37. The number of carbonyl (C=O) groups is 1. The number of benzene rings is 1. The minimum absolute atomic E-state index is 0.118. The van der Waals surface area contributed by atoms with Gasteiger partial charge in [0.2, 0.25) is 0 Å². The minimum atomic E-state index is -0.639. The number of rotatable bonds is 6. The van der Waals surface area contributed by atoms with Gasteiger partial charge >= 0.3 is 5.97 Å². The smallest absolute Gasteiger partial charge is 0.338 e. The summed E-state index contributed by atoms with van der Waals surface area (Å²) >= 11 is 12.1. The fourth-order valence-electron chi connectivity index (χ4n) is 2.61. The van der Waals surface area contributed by atoms with E-state index in [0.717, 1.165) is 0 Å². The Labute approximate surface area is 176 Å². The van der Waals surface area contributed by atoms with Crippen LogP contribution in [0.4, 0.5) is 0 Å². The summed E-state index contributed by atoms with van der Waals surface area (Å²) in [7, 11) is 1.45. The van der Waals surface area contributed by atoms with Crippen LogP contribution in [0.5, 0.6) is 11.5 Å². The first-order chi connectivity index (χ1) is 13.8. The summed E-state index contributed by atoms with van der Waals surface area (Å²) in [4.78, 5) is 29.0.